The van der Waals surface area contributed by atoms with Gasteiger partial charge in [-0.15, -0.1) is 0 Å². The maximum absolute atomic E-state index is 11.7. The number of rotatable bonds is 11. The summed E-state index contributed by atoms with van der Waals surface area (Å²) in [6, 6.07) is 0. The molecule has 1 fully saturated rings. The SMILES string of the molecule is CCOC(=O)CCN1CCN([Si](C(C)CC)(C(C)CC)C(C)CC)C1. The molecule has 1 saturated heterocycles. The Morgan fingerprint density at radius 3 is 1.92 bits per heavy atom. The summed E-state index contributed by atoms with van der Waals surface area (Å²) in [7, 11) is -1.61. The van der Waals surface area contributed by atoms with Crippen molar-refractivity contribution >= 4 is 14.2 Å². The van der Waals surface area contributed by atoms with Gasteiger partial charge in [0.25, 0.3) is 0 Å². The summed E-state index contributed by atoms with van der Waals surface area (Å²) in [4.78, 5) is 14.2. The summed E-state index contributed by atoms with van der Waals surface area (Å²) < 4.78 is 7.98. The molecule has 1 aliphatic rings. The van der Waals surface area contributed by atoms with Gasteiger partial charge in [0.15, 0.2) is 0 Å². The van der Waals surface area contributed by atoms with Crippen LogP contribution in [0.4, 0.5) is 0 Å². The predicted octanol–water partition coefficient (Wildman–Crippen LogP) is 4.86. The highest BCUT2D eigenvalue weighted by Gasteiger charge is 2.52. The normalized spacial score (nSPS) is 22.4. The summed E-state index contributed by atoms with van der Waals surface area (Å²) in [5, 5.41) is 0. The van der Waals surface area contributed by atoms with Crippen molar-refractivity contribution in [1.29, 1.82) is 0 Å². The zero-order chi connectivity index (χ0) is 19.0. The van der Waals surface area contributed by atoms with Crippen LogP contribution in [-0.2, 0) is 9.53 Å². The van der Waals surface area contributed by atoms with Crippen molar-refractivity contribution < 1.29 is 9.53 Å². The van der Waals surface area contributed by atoms with Gasteiger partial charge in [-0.3, -0.25) is 9.69 Å². The third-order valence-corrected chi connectivity index (χ3v) is 14.2. The lowest BCUT2D eigenvalue weighted by atomic mass is 10.3. The van der Waals surface area contributed by atoms with Gasteiger partial charge >= 0.3 is 5.97 Å². The molecular formula is C20H42N2O2Si. The summed E-state index contributed by atoms with van der Waals surface area (Å²) in [5.74, 6) is -0.0600. The number of carbonyl (C=O) groups excluding carboxylic acids is 1. The van der Waals surface area contributed by atoms with E-state index in [-0.39, 0.29) is 5.97 Å². The summed E-state index contributed by atoms with van der Waals surface area (Å²) >= 11 is 0. The van der Waals surface area contributed by atoms with E-state index in [9.17, 15) is 4.79 Å². The molecule has 0 radical (unpaired) electrons. The molecule has 3 atom stereocenters. The Hall–Kier alpha value is -0.393. The molecule has 0 spiro atoms. The van der Waals surface area contributed by atoms with Crippen molar-refractivity contribution in [2.75, 3.05) is 32.9 Å². The molecule has 3 unspecified atom stereocenters. The van der Waals surface area contributed by atoms with Gasteiger partial charge in [0.1, 0.15) is 8.24 Å². The lowest BCUT2D eigenvalue weighted by Crippen LogP contribution is -2.61. The molecule has 25 heavy (non-hydrogen) atoms. The quantitative estimate of drug-likeness (QED) is 0.384. The minimum Gasteiger partial charge on any atom is -0.466 e. The first kappa shape index (κ1) is 22.6. The number of carbonyl (C=O) groups is 1. The average Bonchev–Trinajstić information content (AvgIpc) is 3.09. The van der Waals surface area contributed by atoms with Crippen LogP contribution in [-0.4, -0.2) is 56.6 Å². The zero-order valence-electron chi connectivity index (χ0n) is 17.8. The van der Waals surface area contributed by atoms with Crippen LogP contribution < -0.4 is 0 Å². The average molecular weight is 371 g/mol. The van der Waals surface area contributed by atoms with Gasteiger partial charge in [0.05, 0.1) is 13.0 Å². The van der Waals surface area contributed by atoms with Crippen molar-refractivity contribution in [2.24, 2.45) is 0 Å². The first-order chi connectivity index (χ1) is 11.9. The highest BCUT2D eigenvalue weighted by atomic mass is 28.3. The van der Waals surface area contributed by atoms with Crippen LogP contribution in [0.2, 0.25) is 16.6 Å². The fraction of sp³-hybridized carbons (Fsp3) is 0.950. The topological polar surface area (TPSA) is 32.8 Å². The van der Waals surface area contributed by atoms with Crippen molar-refractivity contribution in [2.45, 2.75) is 90.8 Å². The molecule has 0 aromatic rings. The number of esters is 1. The fourth-order valence-electron chi connectivity index (χ4n) is 5.00. The molecule has 0 aliphatic carbocycles. The van der Waals surface area contributed by atoms with Crippen LogP contribution in [0.5, 0.6) is 0 Å². The Balaban J connectivity index is 2.91. The molecule has 0 aromatic heterocycles. The van der Waals surface area contributed by atoms with Crippen LogP contribution in [0.3, 0.4) is 0 Å². The maximum Gasteiger partial charge on any atom is 0.307 e. The van der Waals surface area contributed by atoms with Crippen LogP contribution in [0.25, 0.3) is 0 Å². The Morgan fingerprint density at radius 1 is 0.960 bits per heavy atom. The van der Waals surface area contributed by atoms with Gasteiger partial charge in [-0.2, -0.15) is 0 Å². The van der Waals surface area contributed by atoms with E-state index in [0.717, 1.165) is 36.4 Å². The number of hydrogen-bond donors (Lipinski definition) is 0. The van der Waals surface area contributed by atoms with Gasteiger partial charge in [-0.25, -0.2) is 0 Å². The van der Waals surface area contributed by atoms with Crippen molar-refractivity contribution in [3.8, 4) is 0 Å². The fourth-order valence-corrected chi connectivity index (χ4v) is 12.7. The van der Waals surface area contributed by atoms with Crippen molar-refractivity contribution in [3.63, 3.8) is 0 Å². The molecule has 0 bridgehead atoms. The second-order valence-corrected chi connectivity index (χ2v) is 13.3. The van der Waals surface area contributed by atoms with E-state index in [0.29, 0.717) is 13.0 Å². The molecule has 0 aromatic carbocycles. The molecule has 0 amide bonds. The molecule has 4 nitrogen and oxygen atoms in total. The molecule has 1 heterocycles. The van der Waals surface area contributed by atoms with Crippen LogP contribution >= 0.6 is 0 Å². The third kappa shape index (κ3) is 5.07. The van der Waals surface area contributed by atoms with Gasteiger partial charge in [0.2, 0.25) is 0 Å². The Labute approximate surface area is 157 Å². The Bertz CT molecular complexity index is 379. The monoisotopic (exact) mass is 370 g/mol. The summed E-state index contributed by atoms with van der Waals surface area (Å²) in [6.07, 6.45) is 4.35. The van der Waals surface area contributed by atoms with Crippen molar-refractivity contribution in [1.82, 2.24) is 9.47 Å². The van der Waals surface area contributed by atoms with Crippen molar-refractivity contribution in [3.05, 3.63) is 0 Å². The second-order valence-electron chi connectivity index (χ2n) is 7.89. The third-order valence-electron chi connectivity index (χ3n) is 6.75. The summed E-state index contributed by atoms with van der Waals surface area (Å²) in [6.45, 7) is 21.1. The van der Waals surface area contributed by atoms with E-state index in [1.165, 1.54) is 25.8 Å². The minimum atomic E-state index is -1.61. The van der Waals surface area contributed by atoms with E-state index >= 15 is 0 Å². The highest BCUT2D eigenvalue weighted by molar-refractivity contribution is 6.81. The molecule has 1 aliphatic heterocycles. The predicted molar refractivity (Wildman–Crippen MR) is 109 cm³/mol. The lowest BCUT2D eigenvalue weighted by Gasteiger charge is -2.52. The van der Waals surface area contributed by atoms with E-state index < -0.39 is 8.24 Å². The molecule has 0 N–H and O–H groups in total. The Kier molecular flexibility index (Phi) is 9.68. The van der Waals surface area contributed by atoms with Gasteiger partial charge in [-0.1, -0.05) is 60.8 Å². The van der Waals surface area contributed by atoms with Crippen LogP contribution in [0, 0.1) is 0 Å². The number of hydrogen-bond acceptors (Lipinski definition) is 4. The first-order valence-corrected chi connectivity index (χ1v) is 12.7. The summed E-state index contributed by atoms with van der Waals surface area (Å²) in [5.41, 5.74) is 2.42. The molecule has 148 valence electrons. The first-order valence-electron chi connectivity index (χ1n) is 10.5. The largest absolute Gasteiger partial charge is 0.466 e. The van der Waals surface area contributed by atoms with Crippen LogP contribution in [0.1, 0.15) is 74.1 Å². The minimum absolute atomic E-state index is 0.0600. The second kappa shape index (κ2) is 10.7. The lowest BCUT2D eigenvalue weighted by molar-refractivity contribution is -0.143. The number of nitrogens with zero attached hydrogens (tertiary/aromatic N) is 2. The zero-order valence-corrected chi connectivity index (χ0v) is 18.8. The Morgan fingerprint density at radius 2 is 1.48 bits per heavy atom. The molecule has 0 saturated carbocycles. The van der Waals surface area contributed by atoms with E-state index in [1.807, 2.05) is 6.92 Å². The van der Waals surface area contributed by atoms with Crippen LogP contribution in [0.15, 0.2) is 0 Å². The van der Waals surface area contributed by atoms with E-state index in [1.54, 1.807) is 0 Å². The molecular weight excluding hydrogens is 328 g/mol. The van der Waals surface area contributed by atoms with Gasteiger partial charge in [-0.05, 0) is 23.5 Å². The van der Waals surface area contributed by atoms with E-state index in [2.05, 4.69) is 51.0 Å². The maximum atomic E-state index is 11.7. The van der Waals surface area contributed by atoms with E-state index in [4.69, 9.17) is 4.74 Å². The number of ether oxygens (including phenoxy) is 1. The van der Waals surface area contributed by atoms with Gasteiger partial charge in [0, 0.05) is 26.3 Å². The molecule has 1 rings (SSSR count). The smallest absolute Gasteiger partial charge is 0.307 e. The highest BCUT2D eigenvalue weighted by Crippen LogP contribution is 2.49. The standard InChI is InChI=1S/C20H42N2O2Si/c1-8-17(5)25(18(6)9-2,19(7)10-3)22-15-14-21(16-22)13-12-20(23)24-11-4/h17-19H,8-16H2,1-7H3. The molecule has 5 heteroatoms. The van der Waals surface area contributed by atoms with Gasteiger partial charge < -0.3 is 9.30 Å².